The third kappa shape index (κ3) is 1.86. The van der Waals surface area contributed by atoms with Gasteiger partial charge in [-0.2, -0.15) is 0 Å². The topological polar surface area (TPSA) is 58.2 Å². The van der Waals surface area contributed by atoms with Crippen LogP contribution in [0.15, 0.2) is 18.2 Å². The first-order valence-electron chi connectivity index (χ1n) is 4.58. The van der Waals surface area contributed by atoms with Gasteiger partial charge in [0, 0.05) is 23.4 Å². The summed E-state index contributed by atoms with van der Waals surface area (Å²) >= 11 is 5.00. The number of carbonyl (C=O) groups is 2. The number of fused-ring (bicyclic) bond motifs is 1. The van der Waals surface area contributed by atoms with Crippen molar-refractivity contribution in [2.24, 2.45) is 0 Å². The zero-order valence-electron chi connectivity index (χ0n) is 8.09. The van der Waals surface area contributed by atoms with Gasteiger partial charge >= 0.3 is 0 Å². The second kappa shape index (κ2) is 4.09. The molecule has 0 spiro atoms. The Balaban J connectivity index is 2.30. The average Bonchev–Trinajstić information content (AvgIpc) is 2.62. The normalized spacial score (nSPS) is 15.2. The van der Waals surface area contributed by atoms with Crippen LogP contribution in [0.2, 0.25) is 0 Å². The monoisotopic (exact) mass is 242 g/mol. The SMILES string of the molecule is O=C1NCc2c(NC(=O)C(F)Cl)cccc21. The van der Waals surface area contributed by atoms with E-state index in [1.807, 2.05) is 0 Å². The molecule has 1 aromatic carbocycles. The molecule has 0 radical (unpaired) electrons. The molecular weight excluding hydrogens is 235 g/mol. The van der Waals surface area contributed by atoms with Crippen molar-refractivity contribution in [3.05, 3.63) is 29.3 Å². The molecule has 0 saturated carbocycles. The molecule has 2 amide bonds. The average molecular weight is 243 g/mol. The molecule has 6 heteroatoms. The molecule has 1 atom stereocenters. The van der Waals surface area contributed by atoms with Gasteiger partial charge in [0.2, 0.25) is 0 Å². The standard InChI is InChI=1S/C10H8ClFN2O2/c11-8(12)10(16)14-7-3-1-2-5-6(7)4-13-9(5)15/h1-3,8H,4H2,(H,13,15)(H,14,16). The number of amides is 2. The molecule has 2 N–H and O–H groups in total. The number of carbonyl (C=O) groups excluding carboxylic acids is 2. The summed E-state index contributed by atoms with van der Waals surface area (Å²) < 4.78 is 12.5. The van der Waals surface area contributed by atoms with E-state index in [-0.39, 0.29) is 5.91 Å². The fourth-order valence-electron chi connectivity index (χ4n) is 1.56. The molecule has 1 heterocycles. The van der Waals surface area contributed by atoms with E-state index in [1.54, 1.807) is 18.2 Å². The summed E-state index contributed by atoms with van der Waals surface area (Å²) in [5.74, 6) is -1.14. The van der Waals surface area contributed by atoms with Gasteiger partial charge in [-0.3, -0.25) is 9.59 Å². The molecule has 0 aliphatic carbocycles. The van der Waals surface area contributed by atoms with Crippen LogP contribution in [0.25, 0.3) is 0 Å². The largest absolute Gasteiger partial charge is 0.348 e. The van der Waals surface area contributed by atoms with Crippen LogP contribution in [-0.4, -0.2) is 17.4 Å². The molecule has 0 bridgehead atoms. The summed E-state index contributed by atoms with van der Waals surface area (Å²) in [5.41, 5.74) is -0.550. The van der Waals surface area contributed by atoms with Crippen LogP contribution >= 0.6 is 11.6 Å². The fourth-order valence-corrected chi connectivity index (χ4v) is 1.61. The molecule has 0 saturated heterocycles. The van der Waals surface area contributed by atoms with Crippen LogP contribution in [0.5, 0.6) is 0 Å². The number of benzene rings is 1. The summed E-state index contributed by atoms with van der Waals surface area (Å²) in [5, 5.41) is 4.94. The van der Waals surface area contributed by atoms with Crippen LogP contribution in [0.4, 0.5) is 10.1 Å². The quantitative estimate of drug-likeness (QED) is 0.771. The highest BCUT2D eigenvalue weighted by molar-refractivity contribution is 6.31. The van der Waals surface area contributed by atoms with Crippen molar-refractivity contribution < 1.29 is 14.0 Å². The first-order chi connectivity index (χ1) is 7.59. The zero-order valence-corrected chi connectivity index (χ0v) is 8.84. The van der Waals surface area contributed by atoms with Crippen molar-refractivity contribution in [1.82, 2.24) is 5.32 Å². The predicted octanol–water partition coefficient (Wildman–Crippen LogP) is 1.40. The molecule has 4 nitrogen and oxygen atoms in total. The maximum atomic E-state index is 12.5. The van der Waals surface area contributed by atoms with Gasteiger partial charge in [-0.1, -0.05) is 17.7 Å². The highest BCUT2D eigenvalue weighted by Crippen LogP contribution is 2.24. The molecule has 2 rings (SSSR count). The summed E-state index contributed by atoms with van der Waals surface area (Å²) in [6, 6.07) is 4.85. The predicted molar refractivity (Wildman–Crippen MR) is 57.0 cm³/mol. The second-order valence-electron chi connectivity index (χ2n) is 3.30. The summed E-state index contributed by atoms with van der Waals surface area (Å²) in [6.07, 6.45) is 0. The smallest absolute Gasteiger partial charge is 0.274 e. The number of hydrogen-bond donors (Lipinski definition) is 2. The van der Waals surface area contributed by atoms with Gasteiger partial charge in [0.1, 0.15) is 0 Å². The maximum absolute atomic E-state index is 12.5. The van der Waals surface area contributed by atoms with E-state index < -0.39 is 11.5 Å². The minimum atomic E-state index is -2.10. The number of anilines is 1. The van der Waals surface area contributed by atoms with Gasteiger partial charge in [0.25, 0.3) is 17.4 Å². The lowest BCUT2D eigenvalue weighted by Gasteiger charge is -2.08. The number of halogens is 2. The molecule has 16 heavy (non-hydrogen) atoms. The highest BCUT2D eigenvalue weighted by atomic mass is 35.5. The zero-order chi connectivity index (χ0) is 11.7. The molecule has 1 unspecified atom stereocenters. The fraction of sp³-hybridized carbons (Fsp3) is 0.200. The third-order valence-corrected chi connectivity index (χ3v) is 2.50. The Bertz CT molecular complexity index is 462. The van der Waals surface area contributed by atoms with Crippen molar-refractivity contribution >= 4 is 29.1 Å². The minimum Gasteiger partial charge on any atom is -0.348 e. The van der Waals surface area contributed by atoms with Crippen LogP contribution in [0, 0.1) is 0 Å². The van der Waals surface area contributed by atoms with Gasteiger partial charge in [-0.15, -0.1) is 0 Å². The lowest BCUT2D eigenvalue weighted by Crippen LogP contribution is -2.20. The molecule has 84 valence electrons. The summed E-state index contributed by atoms with van der Waals surface area (Å²) in [7, 11) is 0. The third-order valence-electron chi connectivity index (χ3n) is 2.30. The van der Waals surface area contributed by atoms with Gasteiger partial charge in [0.05, 0.1) is 0 Å². The molecule has 1 aromatic rings. The number of nitrogens with one attached hydrogen (secondary N) is 2. The van der Waals surface area contributed by atoms with E-state index in [4.69, 9.17) is 11.6 Å². The lowest BCUT2D eigenvalue weighted by atomic mass is 10.1. The Morgan fingerprint density at radius 2 is 2.31 bits per heavy atom. The Morgan fingerprint density at radius 1 is 1.56 bits per heavy atom. The van der Waals surface area contributed by atoms with Gasteiger partial charge in [-0.25, -0.2) is 4.39 Å². The van der Waals surface area contributed by atoms with Crippen LogP contribution < -0.4 is 10.6 Å². The Kier molecular flexibility index (Phi) is 2.78. The van der Waals surface area contributed by atoms with E-state index in [0.717, 1.165) is 0 Å². The Hall–Kier alpha value is -1.62. The van der Waals surface area contributed by atoms with Gasteiger partial charge in [-0.05, 0) is 12.1 Å². The van der Waals surface area contributed by atoms with Crippen molar-refractivity contribution in [2.45, 2.75) is 12.2 Å². The number of alkyl halides is 2. The highest BCUT2D eigenvalue weighted by Gasteiger charge is 2.23. The Morgan fingerprint density at radius 3 is 3.00 bits per heavy atom. The number of rotatable bonds is 2. The molecule has 1 aliphatic rings. The van der Waals surface area contributed by atoms with Crippen molar-refractivity contribution in [3.63, 3.8) is 0 Å². The maximum Gasteiger partial charge on any atom is 0.274 e. The van der Waals surface area contributed by atoms with Crippen molar-refractivity contribution in [3.8, 4) is 0 Å². The molecular formula is C10H8ClFN2O2. The van der Waals surface area contributed by atoms with E-state index in [0.29, 0.717) is 23.4 Å². The van der Waals surface area contributed by atoms with Crippen molar-refractivity contribution in [2.75, 3.05) is 5.32 Å². The minimum absolute atomic E-state index is 0.200. The van der Waals surface area contributed by atoms with Crippen LogP contribution in [-0.2, 0) is 11.3 Å². The van der Waals surface area contributed by atoms with Crippen LogP contribution in [0.1, 0.15) is 15.9 Å². The molecule has 1 aliphatic heterocycles. The van der Waals surface area contributed by atoms with Gasteiger partial charge < -0.3 is 10.6 Å². The molecule has 0 fully saturated rings. The van der Waals surface area contributed by atoms with E-state index in [2.05, 4.69) is 10.6 Å². The molecule has 0 aromatic heterocycles. The van der Waals surface area contributed by atoms with E-state index in [9.17, 15) is 14.0 Å². The second-order valence-corrected chi connectivity index (χ2v) is 3.69. The first-order valence-corrected chi connectivity index (χ1v) is 5.02. The Labute approximate surface area is 95.8 Å². The van der Waals surface area contributed by atoms with Gasteiger partial charge in [0.15, 0.2) is 0 Å². The van der Waals surface area contributed by atoms with E-state index in [1.165, 1.54) is 0 Å². The van der Waals surface area contributed by atoms with E-state index >= 15 is 0 Å². The summed E-state index contributed by atoms with van der Waals surface area (Å²) in [6.45, 7) is 0.323. The summed E-state index contributed by atoms with van der Waals surface area (Å²) in [4.78, 5) is 22.4. The van der Waals surface area contributed by atoms with Crippen molar-refractivity contribution in [1.29, 1.82) is 0 Å². The first kappa shape index (κ1) is 10.9. The number of hydrogen-bond acceptors (Lipinski definition) is 2. The lowest BCUT2D eigenvalue weighted by molar-refractivity contribution is -0.118. The van der Waals surface area contributed by atoms with Crippen LogP contribution in [0.3, 0.4) is 0 Å².